The number of carbonyl (C=O) groups excluding carboxylic acids is 2. The summed E-state index contributed by atoms with van der Waals surface area (Å²) in [6.45, 7) is 4.56. The number of benzene rings is 2. The van der Waals surface area contributed by atoms with Crippen molar-refractivity contribution in [3.05, 3.63) is 53.6 Å². The number of rotatable bonds is 4. The van der Waals surface area contributed by atoms with Crippen molar-refractivity contribution in [1.29, 1.82) is 0 Å². The number of amides is 2. The summed E-state index contributed by atoms with van der Waals surface area (Å²) >= 11 is 0. The number of aryl methyl sites for hydroxylation is 1. The molecule has 0 saturated carbocycles. The lowest BCUT2D eigenvalue weighted by molar-refractivity contribution is -0.124. The van der Waals surface area contributed by atoms with Gasteiger partial charge in [-0.3, -0.25) is 9.59 Å². The van der Waals surface area contributed by atoms with Crippen molar-refractivity contribution in [2.24, 2.45) is 0 Å². The lowest BCUT2D eigenvalue weighted by Gasteiger charge is -2.39. The number of hydrogen-bond donors (Lipinski definition) is 0. The molecule has 0 radical (unpaired) electrons. The predicted molar refractivity (Wildman–Crippen MR) is 104 cm³/mol. The van der Waals surface area contributed by atoms with Crippen LogP contribution in [0.5, 0.6) is 11.5 Å². The molecule has 6 heteroatoms. The minimum Gasteiger partial charge on any atom is -0.496 e. The number of piperazine rings is 1. The Morgan fingerprint density at radius 3 is 2.44 bits per heavy atom. The molecule has 0 N–H and O–H groups in total. The predicted octanol–water partition coefficient (Wildman–Crippen LogP) is 2.89. The molecule has 6 nitrogen and oxygen atoms in total. The fourth-order valence-electron chi connectivity index (χ4n) is 3.37. The van der Waals surface area contributed by atoms with Gasteiger partial charge in [-0.1, -0.05) is 18.2 Å². The van der Waals surface area contributed by atoms with Crippen molar-refractivity contribution in [2.75, 3.05) is 32.2 Å². The Bertz CT molecular complexity index is 865. The van der Waals surface area contributed by atoms with Crippen LogP contribution in [0.25, 0.3) is 0 Å². The second-order valence-electron chi connectivity index (χ2n) is 6.54. The Morgan fingerprint density at radius 1 is 1.04 bits per heavy atom. The van der Waals surface area contributed by atoms with E-state index in [2.05, 4.69) is 0 Å². The molecule has 0 aliphatic carbocycles. The van der Waals surface area contributed by atoms with Crippen molar-refractivity contribution in [1.82, 2.24) is 4.90 Å². The Labute approximate surface area is 159 Å². The van der Waals surface area contributed by atoms with Crippen molar-refractivity contribution in [3.63, 3.8) is 0 Å². The highest BCUT2D eigenvalue weighted by Gasteiger charge is 2.37. The van der Waals surface area contributed by atoms with Gasteiger partial charge >= 0.3 is 0 Å². The molecule has 0 aromatic heterocycles. The minimum atomic E-state index is -0.582. The van der Waals surface area contributed by atoms with Gasteiger partial charge in [-0.15, -0.1) is 0 Å². The lowest BCUT2D eigenvalue weighted by atomic mass is 10.1. The Balaban J connectivity index is 1.87. The minimum absolute atomic E-state index is 0.131. The van der Waals surface area contributed by atoms with Crippen LogP contribution in [0.4, 0.5) is 5.69 Å². The number of para-hydroxylation sites is 1. The van der Waals surface area contributed by atoms with Gasteiger partial charge in [0, 0.05) is 13.1 Å². The molecular weight excluding hydrogens is 344 g/mol. The molecule has 0 spiro atoms. The Morgan fingerprint density at radius 2 is 1.74 bits per heavy atom. The van der Waals surface area contributed by atoms with E-state index in [0.717, 1.165) is 11.3 Å². The summed E-state index contributed by atoms with van der Waals surface area (Å²) in [5, 5.41) is 0. The maximum atomic E-state index is 13.1. The third-order valence-corrected chi connectivity index (χ3v) is 4.88. The van der Waals surface area contributed by atoms with Gasteiger partial charge in [0.1, 0.15) is 17.5 Å². The summed E-state index contributed by atoms with van der Waals surface area (Å²) in [5.74, 6) is 0.813. The van der Waals surface area contributed by atoms with E-state index < -0.39 is 6.04 Å². The fraction of sp³-hybridized carbons (Fsp3) is 0.333. The summed E-state index contributed by atoms with van der Waals surface area (Å²) in [6.07, 6.45) is 0. The van der Waals surface area contributed by atoms with E-state index >= 15 is 0 Å². The molecule has 2 aromatic rings. The maximum Gasteiger partial charge on any atom is 0.258 e. The first kappa shape index (κ1) is 18.8. The zero-order chi connectivity index (χ0) is 19.6. The van der Waals surface area contributed by atoms with Crippen LogP contribution in [-0.4, -0.2) is 50.1 Å². The van der Waals surface area contributed by atoms with Crippen LogP contribution in [-0.2, 0) is 4.79 Å². The molecule has 2 aromatic carbocycles. The quantitative estimate of drug-likeness (QED) is 0.833. The lowest BCUT2D eigenvalue weighted by Crippen LogP contribution is -2.57. The van der Waals surface area contributed by atoms with Gasteiger partial charge in [0.2, 0.25) is 5.91 Å². The summed E-state index contributed by atoms with van der Waals surface area (Å²) < 4.78 is 10.7. The average molecular weight is 368 g/mol. The van der Waals surface area contributed by atoms with Gasteiger partial charge in [0.05, 0.1) is 25.5 Å². The molecule has 0 unspecified atom stereocenters. The summed E-state index contributed by atoms with van der Waals surface area (Å²) in [7, 11) is 3.12. The highest BCUT2D eigenvalue weighted by Crippen LogP contribution is 2.32. The van der Waals surface area contributed by atoms with E-state index in [1.54, 1.807) is 42.0 Å². The van der Waals surface area contributed by atoms with Crippen molar-refractivity contribution < 1.29 is 19.1 Å². The van der Waals surface area contributed by atoms with Gasteiger partial charge < -0.3 is 19.3 Å². The molecule has 3 rings (SSSR count). The van der Waals surface area contributed by atoms with Crippen molar-refractivity contribution >= 4 is 17.5 Å². The molecule has 1 aliphatic heterocycles. The third-order valence-electron chi connectivity index (χ3n) is 4.88. The van der Waals surface area contributed by atoms with Gasteiger partial charge in [-0.2, -0.15) is 0 Å². The summed E-state index contributed by atoms with van der Waals surface area (Å²) in [6, 6.07) is 12.2. The van der Waals surface area contributed by atoms with E-state index in [-0.39, 0.29) is 11.8 Å². The first-order valence-electron chi connectivity index (χ1n) is 8.88. The largest absolute Gasteiger partial charge is 0.496 e. The zero-order valence-electron chi connectivity index (χ0n) is 16.1. The molecule has 27 heavy (non-hydrogen) atoms. The number of hydrogen-bond acceptors (Lipinski definition) is 4. The van der Waals surface area contributed by atoms with E-state index in [1.165, 1.54) is 7.11 Å². The van der Waals surface area contributed by atoms with Crippen LogP contribution in [0.3, 0.4) is 0 Å². The summed E-state index contributed by atoms with van der Waals surface area (Å²) in [5.41, 5.74) is 2.23. The molecular formula is C21H24N2O4. The standard InChI is InChI=1S/C21H24N2O4/c1-14-9-10-19(27-4)17(13-14)23-12-11-22(15(2)20(23)24)21(25)16-7-5-6-8-18(16)26-3/h5-10,13,15H,11-12H2,1-4H3/t15-/m0/s1. The molecule has 1 heterocycles. The van der Waals surface area contributed by atoms with Gasteiger partial charge in [-0.05, 0) is 43.7 Å². The van der Waals surface area contributed by atoms with Gasteiger partial charge in [0.25, 0.3) is 5.91 Å². The monoisotopic (exact) mass is 368 g/mol. The van der Waals surface area contributed by atoms with E-state index in [0.29, 0.717) is 30.2 Å². The highest BCUT2D eigenvalue weighted by molar-refractivity contribution is 6.05. The number of nitrogens with zero attached hydrogens (tertiary/aromatic N) is 2. The van der Waals surface area contributed by atoms with E-state index in [4.69, 9.17) is 9.47 Å². The molecule has 1 saturated heterocycles. The molecule has 0 bridgehead atoms. The average Bonchev–Trinajstić information content (AvgIpc) is 2.69. The number of carbonyl (C=O) groups is 2. The van der Waals surface area contributed by atoms with Crippen molar-refractivity contribution in [3.8, 4) is 11.5 Å². The first-order valence-corrected chi connectivity index (χ1v) is 8.88. The Hall–Kier alpha value is -3.02. The maximum absolute atomic E-state index is 13.1. The third kappa shape index (κ3) is 3.47. The molecule has 1 fully saturated rings. The Kier molecular flexibility index (Phi) is 5.35. The SMILES string of the molecule is COc1ccccc1C(=O)N1CCN(c2cc(C)ccc2OC)C(=O)[C@@H]1C. The molecule has 2 amide bonds. The number of anilines is 1. The van der Waals surface area contributed by atoms with Crippen LogP contribution < -0.4 is 14.4 Å². The van der Waals surface area contributed by atoms with Gasteiger partial charge in [-0.25, -0.2) is 0 Å². The molecule has 142 valence electrons. The summed E-state index contributed by atoms with van der Waals surface area (Å²) in [4.78, 5) is 29.4. The van der Waals surface area contributed by atoms with Gasteiger partial charge in [0.15, 0.2) is 0 Å². The highest BCUT2D eigenvalue weighted by atomic mass is 16.5. The topological polar surface area (TPSA) is 59.1 Å². The van der Waals surface area contributed by atoms with Crippen LogP contribution >= 0.6 is 0 Å². The number of ether oxygens (including phenoxy) is 2. The van der Waals surface area contributed by atoms with E-state index in [1.807, 2.05) is 31.2 Å². The smallest absolute Gasteiger partial charge is 0.258 e. The molecule has 1 atom stereocenters. The second kappa shape index (κ2) is 7.70. The fourth-order valence-corrected chi connectivity index (χ4v) is 3.37. The van der Waals surface area contributed by atoms with Crippen molar-refractivity contribution in [2.45, 2.75) is 19.9 Å². The second-order valence-corrected chi connectivity index (χ2v) is 6.54. The van der Waals surface area contributed by atoms with Crippen LogP contribution in [0.15, 0.2) is 42.5 Å². The van der Waals surface area contributed by atoms with Crippen LogP contribution in [0.1, 0.15) is 22.8 Å². The molecule has 1 aliphatic rings. The van der Waals surface area contributed by atoms with E-state index in [9.17, 15) is 9.59 Å². The normalized spacial score (nSPS) is 17.0. The van der Waals surface area contributed by atoms with Crippen LogP contribution in [0.2, 0.25) is 0 Å². The van der Waals surface area contributed by atoms with Crippen LogP contribution in [0, 0.1) is 6.92 Å². The first-order chi connectivity index (χ1) is 13.0. The zero-order valence-corrected chi connectivity index (χ0v) is 16.1. The number of methoxy groups -OCH3 is 2.